The van der Waals surface area contributed by atoms with Crippen LogP contribution < -0.4 is 10.9 Å². The molecule has 0 spiro atoms. The SMILES string of the molecule is CC(C)CC(=O)Nc1cnc2ccc(C(=O)N3CCN(Cc4ccc(Cl)cc4)CC3)cn2c1=O. The van der Waals surface area contributed by atoms with Crippen LogP contribution in [0.3, 0.4) is 0 Å². The fourth-order valence-electron chi connectivity index (χ4n) is 4.00. The highest BCUT2D eigenvalue weighted by atomic mass is 35.5. The zero-order valence-electron chi connectivity index (χ0n) is 19.3. The van der Waals surface area contributed by atoms with Crippen LogP contribution in [0.5, 0.6) is 0 Å². The van der Waals surface area contributed by atoms with Gasteiger partial charge in [-0.1, -0.05) is 37.6 Å². The Labute approximate surface area is 203 Å². The van der Waals surface area contributed by atoms with E-state index in [1.807, 2.05) is 38.1 Å². The van der Waals surface area contributed by atoms with E-state index in [1.165, 1.54) is 22.4 Å². The molecular weight excluding hydrogens is 454 g/mol. The second-order valence-corrected chi connectivity index (χ2v) is 9.40. The number of hydrogen-bond acceptors (Lipinski definition) is 5. The van der Waals surface area contributed by atoms with Crippen molar-refractivity contribution in [3.05, 3.63) is 75.3 Å². The molecular formula is C25H28ClN5O3. The summed E-state index contributed by atoms with van der Waals surface area (Å²) in [6, 6.07) is 11.1. The number of amides is 2. The molecule has 1 N–H and O–H groups in total. The van der Waals surface area contributed by atoms with Gasteiger partial charge in [-0.3, -0.25) is 23.7 Å². The molecule has 1 aliphatic heterocycles. The summed E-state index contributed by atoms with van der Waals surface area (Å²) in [5, 5.41) is 3.35. The van der Waals surface area contributed by atoms with Crippen molar-refractivity contribution in [3.8, 4) is 0 Å². The minimum absolute atomic E-state index is 0.101. The summed E-state index contributed by atoms with van der Waals surface area (Å²) in [4.78, 5) is 46.5. The maximum absolute atomic E-state index is 13.1. The molecule has 0 radical (unpaired) electrons. The second kappa shape index (κ2) is 10.4. The van der Waals surface area contributed by atoms with Gasteiger partial charge in [0.25, 0.3) is 11.5 Å². The number of hydrogen-bond donors (Lipinski definition) is 1. The third-order valence-electron chi connectivity index (χ3n) is 5.80. The van der Waals surface area contributed by atoms with Crippen LogP contribution in [0.1, 0.15) is 36.2 Å². The van der Waals surface area contributed by atoms with Crippen LogP contribution >= 0.6 is 11.6 Å². The predicted octanol–water partition coefficient (Wildman–Crippen LogP) is 3.29. The number of fused-ring (bicyclic) bond motifs is 1. The number of halogens is 1. The monoisotopic (exact) mass is 481 g/mol. The molecule has 178 valence electrons. The normalized spacial score (nSPS) is 14.5. The predicted molar refractivity (Wildman–Crippen MR) is 132 cm³/mol. The molecule has 0 atom stereocenters. The molecule has 2 aromatic heterocycles. The van der Waals surface area contributed by atoms with E-state index in [0.29, 0.717) is 35.7 Å². The molecule has 0 aliphatic carbocycles. The van der Waals surface area contributed by atoms with Crippen molar-refractivity contribution >= 4 is 34.7 Å². The molecule has 0 saturated carbocycles. The number of aromatic nitrogens is 2. The van der Waals surface area contributed by atoms with E-state index in [2.05, 4.69) is 15.2 Å². The summed E-state index contributed by atoms with van der Waals surface area (Å²) >= 11 is 5.96. The Kier molecular flexibility index (Phi) is 7.29. The number of pyridine rings is 1. The lowest BCUT2D eigenvalue weighted by atomic mass is 10.1. The zero-order valence-corrected chi connectivity index (χ0v) is 20.1. The lowest BCUT2D eigenvalue weighted by Gasteiger charge is -2.34. The Hall–Kier alpha value is -3.23. The molecule has 2 amide bonds. The maximum Gasteiger partial charge on any atom is 0.281 e. The van der Waals surface area contributed by atoms with Crippen LogP contribution in [0.15, 0.2) is 53.6 Å². The van der Waals surface area contributed by atoms with Gasteiger partial charge in [0.05, 0.1) is 11.8 Å². The van der Waals surface area contributed by atoms with Gasteiger partial charge < -0.3 is 10.2 Å². The van der Waals surface area contributed by atoms with Crippen LogP contribution in [0.2, 0.25) is 5.02 Å². The largest absolute Gasteiger partial charge is 0.336 e. The van der Waals surface area contributed by atoms with Crippen molar-refractivity contribution in [2.45, 2.75) is 26.8 Å². The molecule has 1 aromatic carbocycles. The van der Waals surface area contributed by atoms with Crippen molar-refractivity contribution in [1.29, 1.82) is 0 Å². The second-order valence-electron chi connectivity index (χ2n) is 8.96. The van der Waals surface area contributed by atoms with Gasteiger partial charge >= 0.3 is 0 Å². The van der Waals surface area contributed by atoms with Gasteiger partial charge in [0, 0.05) is 50.4 Å². The van der Waals surface area contributed by atoms with Crippen LogP contribution in [0.25, 0.3) is 5.65 Å². The molecule has 4 rings (SSSR count). The first-order valence-corrected chi connectivity index (χ1v) is 11.8. The van der Waals surface area contributed by atoms with Gasteiger partial charge in [-0.25, -0.2) is 4.98 Å². The number of piperazine rings is 1. The van der Waals surface area contributed by atoms with Gasteiger partial charge in [0.15, 0.2) is 0 Å². The van der Waals surface area contributed by atoms with Gasteiger partial charge in [0.1, 0.15) is 11.3 Å². The van der Waals surface area contributed by atoms with E-state index in [0.717, 1.165) is 19.6 Å². The van der Waals surface area contributed by atoms with Crippen LogP contribution in [-0.2, 0) is 11.3 Å². The molecule has 3 aromatic rings. The van der Waals surface area contributed by atoms with E-state index in [-0.39, 0.29) is 23.4 Å². The Morgan fingerprint density at radius 3 is 2.44 bits per heavy atom. The summed E-state index contributed by atoms with van der Waals surface area (Å²) < 4.78 is 1.31. The van der Waals surface area contributed by atoms with E-state index < -0.39 is 5.56 Å². The van der Waals surface area contributed by atoms with Gasteiger partial charge in [0.2, 0.25) is 5.91 Å². The molecule has 1 saturated heterocycles. The number of rotatable bonds is 6. The maximum atomic E-state index is 13.1. The molecule has 8 nitrogen and oxygen atoms in total. The highest BCUT2D eigenvalue weighted by Gasteiger charge is 2.23. The van der Waals surface area contributed by atoms with Crippen LogP contribution in [0, 0.1) is 5.92 Å². The van der Waals surface area contributed by atoms with E-state index >= 15 is 0 Å². The van der Waals surface area contributed by atoms with E-state index in [1.54, 1.807) is 17.0 Å². The fourth-order valence-corrected chi connectivity index (χ4v) is 4.13. The topological polar surface area (TPSA) is 87.0 Å². The number of nitrogens with zero attached hydrogens (tertiary/aromatic N) is 4. The Morgan fingerprint density at radius 1 is 1.06 bits per heavy atom. The Balaban J connectivity index is 1.44. The summed E-state index contributed by atoms with van der Waals surface area (Å²) in [6.07, 6.45) is 3.17. The van der Waals surface area contributed by atoms with Gasteiger partial charge in [-0.15, -0.1) is 0 Å². The molecule has 3 heterocycles. The quantitative estimate of drug-likeness (QED) is 0.583. The van der Waals surface area contributed by atoms with Crippen LogP contribution in [-0.4, -0.2) is 57.2 Å². The van der Waals surface area contributed by atoms with Crippen molar-refractivity contribution in [1.82, 2.24) is 19.2 Å². The van der Waals surface area contributed by atoms with Gasteiger partial charge in [-0.2, -0.15) is 0 Å². The third kappa shape index (κ3) is 5.63. The van der Waals surface area contributed by atoms with Gasteiger partial charge in [-0.05, 0) is 35.7 Å². The molecule has 9 heteroatoms. The highest BCUT2D eigenvalue weighted by molar-refractivity contribution is 6.30. The lowest BCUT2D eigenvalue weighted by molar-refractivity contribution is -0.116. The number of carbonyl (C=O) groups is 2. The molecule has 34 heavy (non-hydrogen) atoms. The number of carbonyl (C=O) groups excluding carboxylic acids is 2. The lowest BCUT2D eigenvalue weighted by Crippen LogP contribution is -2.48. The minimum atomic E-state index is -0.412. The first-order valence-electron chi connectivity index (χ1n) is 11.4. The first-order chi connectivity index (χ1) is 16.3. The molecule has 1 fully saturated rings. The first kappa shape index (κ1) is 23.9. The summed E-state index contributed by atoms with van der Waals surface area (Å²) in [5.41, 5.74) is 1.69. The number of nitrogens with one attached hydrogen (secondary N) is 1. The Bertz CT molecular complexity index is 1250. The van der Waals surface area contributed by atoms with Crippen molar-refractivity contribution in [2.75, 3.05) is 31.5 Å². The third-order valence-corrected chi connectivity index (χ3v) is 6.05. The van der Waals surface area contributed by atoms with Crippen molar-refractivity contribution in [3.63, 3.8) is 0 Å². The highest BCUT2D eigenvalue weighted by Crippen LogP contribution is 2.15. The smallest absolute Gasteiger partial charge is 0.281 e. The van der Waals surface area contributed by atoms with E-state index in [4.69, 9.17) is 11.6 Å². The molecule has 1 aliphatic rings. The zero-order chi connectivity index (χ0) is 24.2. The molecule has 0 unspecified atom stereocenters. The Morgan fingerprint density at radius 2 is 1.76 bits per heavy atom. The number of anilines is 1. The standard InChI is InChI=1S/C25H28ClN5O3/c1-17(2)13-23(32)28-21-14-27-22-8-5-19(16-31(22)25(21)34)24(33)30-11-9-29(10-12-30)15-18-3-6-20(26)7-4-18/h3-8,14,16-17H,9-13,15H2,1-2H3,(H,28,32). The fraction of sp³-hybridized carbons (Fsp3) is 0.360. The average molecular weight is 482 g/mol. The summed E-state index contributed by atoms with van der Waals surface area (Å²) in [5.74, 6) is -0.196. The van der Waals surface area contributed by atoms with Crippen LogP contribution in [0.4, 0.5) is 5.69 Å². The van der Waals surface area contributed by atoms with Crippen molar-refractivity contribution < 1.29 is 9.59 Å². The minimum Gasteiger partial charge on any atom is -0.336 e. The average Bonchev–Trinajstić information content (AvgIpc) is 2.82. The summed E-state index contributed by atoms with van der Waals surface area (Å²) in [6.45, 7) is 7.39. The van der Waals surface area contributed by atoms with E-state index in [9.17, 15) is 14.4 Å². The number of benzene rings is 1. The summed E-state index contributed by atoms with van der Waals surface area (Å²) in [7, 11) is 0. The van der Waals surface area contributed by atoms with Crippen molar-refractivity contribution in [2.24, 2.45) is 5.92 Å². The molecule has 0 bridgehead atoms.